The van der Waals surface area contributed by atoms with Gasteiger partial charge in [-0.1, -0.05) is 19.9 Å². The monoisotopic (exact) mass is 228 g/mol. The van der Waals surface area contributed by atoms with E-state index in [9.17, 15) is 8.78 Å². The summed E-state index contributed by atoms with van der Waals surface area (Å²) in [6.45, 7) is 4.12. The first-order valence-electron chi connectivity index (χ1n) is 5.46. The van der Waals surface area contributed by atoms with Crippen LogP contribution in [0.3, 0.4) is 0 Å². The highest BCUT2D eigenvalue weighted by Gasteiger charge is 2.18. The molecule has 1 unspecified atom stereocenters. The van der Waals surface area contributed by atoms with E-state index in [4.69, 9.17) is 5.84 Å². The van der Waals surface area contributed by atoms with E-state index in [1.807, 2.05) is 0 Å². The van der Waals surface area contributed by atoms with Gasteiger partial charge in [-0.05, 0) is 30.9 Å². The smallest absolute Gasteiger partial charge is 0.130 e. The normalized spacial score (nSPS) is 13.1. The molecular formula is C12H18F2N2. The fourth-order valence-corrected chi connectivity index (χ4v) is 1.65. The molecule has 0 saturated heterocycles. The molecule has 0 aliphatic carbocycles. The average Bonchev–Trinajstić information content (AvgIpc) is 2.22. The maximum atomic E-state index is 13.5. The lowest BCUT2D eigenvalue weighted by atomic mass is 9.97. The van der Waals surface area contributed by atoms with Crippen molar-refractivity contribution in [1.82, 2.24) is 5.43 Å². The van der Waals surface area contributed by atoms with Crippen LogP contribution < -0.4 is 11.3 Å². The van der Waals surface area contributed by atoms with Gasteiger partial charge in [0.2, 0.25) is 0 Å². The highest BCUT2D eigenvalue weighted by atomic mass is 19.1. The molecule has 1 aromatic rings. The standard InChI is InChI=1S/C12H18F2N2/c1-8(2)6-7-11(16-15)12-9(13)4-3-5-10(12)14/h3-5,8,11,16H,6-7,15H2,1-2H3. The molecule has 1 atom stereocenters. The van der Waals surface area contributed by atoms with Crippen molar-refractivity contribution in [1.29, 1.82) is 0 Å². The molecule has 0 saturated carbocycles. The second kappa shape index (κ2) is 5.92. The van der Waals surface area contributed by atoms with E-state index in [1.165, 1.54) is 18.2 Å². The first kappa shape index (κ1) is 13.1. The predicted octanol–water partition coefficient (Wildman–Crippen LogP) is 2.91. The molecule has 0 aliphatic rings. The van der Waals surface area contributed by atoms with Crippen LogP contribution in [0.25, 0.3) is 0 Å². The summed E-state index contributed by atoms with van der Waals surface area (Å²) in [5, 5.41) is 0. The number of halogens is 2. The van der Waals surface area contributed by atoms with Crippen molar-refractivity contribution >= 4 is 0 Å². The summed E-state index contributed by atoms with van der Waals surface area (Å²) in [4.78, 5) is 0. The molecular weight excluding hydrogens is 210 g/mol. The van der Waals surface area contributed by atoms with E-state index >= 15 is 0 Å². The van der Waals surface area contributed by atoms with Gasteiger partial charge in [-0.2, -0.15) is 0 Å². The van der Waals surface area contributed by atoms with E-state index in [1.54, 1.807) is 0 Å². The quantitative estimate of drug-likeness (QED) is 0.600. The van der Waals surface area contributed by atoms with Gasteiger partial charge in [0.25, 0.3) is 0 Å². The summed E-state index contributed by atoms with van der Waals surface area (Å²) in [5.41, 5.74) is 2.51. The van der Waals surface area contributed by atoms with Gasteiger partial charge in [0.05, 0.1) is 6.04 Å². The van der Waals surface area contributed by atoms with Crippen LogP contribution in [0.2, 0.25) is 0 Å². The number of nitrogens with two attached hydrogens (primary N) is 1. The minimum absolute atomic E-state index is 0.0330. The zero-order chi connectivity index (χ0) is 12.1. The van der Waals surface area contributed by atoms with Crippen molar-refractivity contribution in [3.8, 4) is 0 Å². The summed E-state index contributed by atoms with van der Waals surface area (Å²) < 4.78 is 27.0. The third-order valence-electron chi connectivity index (χ3n) is 2.58. The lowest BCUT2D eigenvalue weighted by molar-refractivity contribution is 0.416. The van der Waals surface area contributed by atoms with Crippen molar-refractivity contribution in [2.75, 3.05) is 0 Å². The zero-order valence-electron chi connectivity index (χ0n) is 9.63. The zero-order valence-corrected chi connectivity index (χ0v) is 9.63. The molecule has 0 aromatic heterocycles. The highest BCUT2D eigenvalue weighted by Crippen LogP contribution is 2.25. The maximum absolute atomic E-state index is 13.5. The number of benzene rings is 1. The number of hydrazine groups is 1. The van der Waals surface area contributed by atoms with Gasteiger partial charge in [0, 0.05) is 5.56 Å². The number of nitrogens with one attached hydrogen (secondary N) is 1. The Kier molecular flexibility index (Phi) is 4.83. The van der Waals surface area contributed by atoms with Gasteiger partial charge in [-0.25, -0.2) is 8.78 Å². The lowest BCUT2D eigenvalue weighted by Gasteiger charge is -2.18. The molecule has 0 spiro atoms. The molecule has 0 fully saturated rings. The molecule has 0 amide bonds. The van der Waals surface area contributed by atoms with Crippen LogP contribution in [0.5, 0.6) is 0 Å². The molecule has 1 rings (SSSR count). The van der Waals surface area contributed by atoms with Crippen LogP contribution in [0.4, 0.5) is 8.78 Å². The summed E-state index contributed by atoms with van der Waals surface area (Å²) >= 11 is 0. The van der Waals surface area contributed by atoms with Gasteiger partial charge >= 0.3 is 0 Å². The Bertz CT molecular complexity index is 320. The van der Waals surface area contributed by atoms with Crippen LogP contribution in [0.1, 0.15) is 38.3 Å². The van der Waals surface area contributed by atoms with Crippen molar-refractivity contribution in [3.05, 3.63) is 35.4 Å². The molecule has 0 radical (unpaired) electrons. The van der Waals surface area contributed by atoms with Crippen molar-refractivity contribution < 1.29 is 8.78 Å². The third kappa shape index (κ3) is 3.25. The molecule has 16 heavy (non-hydrogen) atoms. The molecule has 3 N–H and O–H groups in total. The van der Waals surface area contributed by atoms with E-state index < -0.39 is 17.7 Å². The van der Waals surface area contributed by atoms with E-state index in [-0.39, 0.29) is 5.56 Å². The second-order valence-electron chi connectivity index (χ2n) is 4.33. The largest absolute Gasteiger partial charge is 0.271 e. The van der Waals surface area contributed by atoms with Crippen LogP contribution in [0, 0.1) is 17.6 Å². The van der Waals surface area contributed by atoms with E-state index in [0.29, 0.717) is 12.3 Å². The predicted molar refractivity (Wildman–Crippen MR) is 60.5 cm³/mol. The Morgan fingerprint density at radius 2 is 1.75 bits per heavy atom. The van der Waals surface area contributed by atoms with Crippen molar-refractivity contribution in [3.63, 3.8) is 0 Å². The molecule has 0 heterocycles. The van der Waals surface area contributed by atoms with Gasteiger partial charge in [-0.3, -0.25) is 11.3 Å². The summed E-state index contributed by atoms with van der Waals surface area (Å²) in [5.74, 6) is 4.72. The number of hydrogen-bond donors (Lipinski definition) is 2. The average molecular weight is 228 g/mol. The third-order valence-corrected chi connectivity index (χ3v) is 2.58. The fourth-order valence-electron chi connectivity index (χ4n) is 1.65. The Labute approximate surface area is 94.8 Å². The highest BCUT2D eigenvalue weighted by molar-refractivity contribution is 5.23. The van der Waals surface area contributed by atoms with Crippen molar-refractivity contribution in [2.24, 2.45) is 11.8 Å². The van der Waals surface area contributed by atoms with Crippen LogP contribution in [-0.2, 0) is 0 Å². The number of rotatable bonds is 5. The van der Waals surface area contributed by atoms with Gasteiger partial charge < -0.3 is 0 Å². The number of hydrogen-bond acceptors (Lipinski definition) is 2. The fraction of sp³-hybridized carbons (Fsp3) is 0.500. The first-order chi connectivity index (χ1) is 7.56. The molecule has 0 aliphatic heterocycles. The molecule has 1 aromatic carbocycles. The maximum Gasteiger partial charge on any atom is 0.130 e. The van der Waals surface area contributed by atoms with E-state index in [0.717, 1.165) is 6.42 Å². The Hall–Kier alpha value is -1.00. The molecule has 90 valence electrons. The second-order valence-corrected chi connectivity index (χ2v) is 4.33. The summed E-state index contributed by atoms with van der Waals surface area (Å²) in [6.07, 6.45) is 1.48. The topological polar surface area (TPSA) is 38.0 Å². The summed E-state index contributed by atoms with van der Waals surface area (Å²) in [7, 11) is 0. The first-order valence-corrected chi connectivity index (χ1v) is 5.46. The SMILES string of the molecule is CC(C)CCC(NN)c1c(F)cccc1F. The van der Waals surface area contributed by atoms with Gasteiger partial charge in [0.15, 0.2) is 0 Å². The van der Waals surface area contributed by atoms with Crippen LogP contribution in [-0.4, -0.2) is 0 Å². The van der Waals surface area contributed by atoms with Crippen LogP contribution in [0.15, 0.2) is 18.2 Å². The van der Waals surface area contributed by atoms with Crippen molar-refractivity contribution in [2.45, 2.75) is 32.7 Å². The minimum Gasteiger partial charge on any atom is -0.271 e. The lowest BCUT2D eigenvalue weighted by Crippen LogP contribution is -2.29. The summed E-state index contributed by atoms with van der Waals surface area (Å²) in [6, 6.07) is 3.38. The Morgan fingerprint density at radius 1 is 1.19 bits per heavy atom. The molecule has 2 nitrogen and oxygen atoms in total. The van der Waals surface area contributed by atoms with Gasteiger partial charge in [-0.15, -0.1) is 0 Å². The van der Waals surface area contributed by atoms with E-state index in [2.05, 4.69) is 19.3 Å². The minimum atomic E-state index is -0.549. The van der Waals surface area contributed by atoms with Crippen LogP contribution >= 0.6 is 0 Å². The Balaban J connectivity index is 2.86. The Morgan fingerprint density at radius 3 is 2.19 bits per heavy atom. The van der Waals surface area contributed by atoms with Gasteiger partial charge in [0.1, 0.15) is 11.6 Å². The molecule has 0 bridgehead atoms. The molecule has 4 heteroatoms.